The van der Waals surface area contributed by atoms with Gasteiger partial charge in [0.15, 0.2) is 0 Å². The minimum atomic E-state index is 0. The van der Waals surface area contributed by atoms with Gasteiger partial charge in [-0.2, -0.15) is 9.18 Å². The van der Waals surface area contributed by atoms with E-state index in [4.69, 9.17) is 0 Å². The average molecular weight is 155 g/mol. The molecule has 0 aromatic rings. The number of nitrogens with zero attached hydrogens (tertiary/aromatic N) is 2. The van der Waals surface area contributed by atoms with E-state index in [2.05, 4.69) is 42.3 Å². The fourth-order valence-corrected chi connectivity index (χ4v) is 0. The number of quaternary nitrogens is 2. The Kier molecular flexibility index (Phi) is 3.80. The monoisotopic (exact) mass is 154 g/mol. The smallest absolute Gasteiger partial charge is 0.112 e. The third-order valence-corrected chi connectivity index (χ3v) is 1.80. The maximum absolute atomic E-state index is 2.18. The zero-order chi connectivity index (χ0) is 7.00. The summed E-state index contributed by atoms with van der Waals surface area (Å²) in [4.78, 5) is 0. The summed E-state index contributed by atoms with van der Waals surface area (Å²) in [5.41, 5.74) is 0. The Balaban J connectivity index is 0. The fraction of sp³-hybridized carbons (Fsp3) is 1.00. The van der Waals surface area contributed by atoms with E-state index in [1.54, 1.807) is 0 Å². The predicted octanol–water partition coefficient (Wildman–Crippen LogP) is 0.736. The first kappa shape index (κ1) is 11.9. The van der Waals surface area contributed by atoms with Gasteiger partial charge in [0.05, 0.1) is 0 Å². The Morgan fingerprint density at radius 1 is 0.556 bits per heavy atom. The van der Waals surface area contributed by atoms with Crippen molar-refractivity contribution in [3.8, 4) is 0 Å². The SMILES string of the molecule is C[N+](C)(C)[N+](C)(C)C.Cl. The van der Waals surface area contributed by atoms with Gasteiger partial charge in [-0.3, -0.25) is 0 Å². The van der Waals surface area contributed by atoms with Crippen molar-refractivity contribution in [2.75, 3.05) is 42.3 Å². The second-order valence-corrected chi connectivity index (χ2v) is 3.88. The van der Waals surface area contributed by atoms with Gasteiger partial charge < -0.3 is 0 Å². The lowest BCUT2D eigenvalue weighted by atomic mass is 10.7. The van der Waals surface area contributed by atoms with Gasteiger partial charge in [-0.05, 0) is 0 Å². The van der Waals surface area contributed by atoms with Gasteiger partial charge in [0.25, 0.3) is 0 Å². The topological polar surface area (TPSA) is 0 Å². The minimum Gasteiger partial charge on any atom is -0.178 e. The van der Waals surface area contributed by atoms with Crippen LogP contribution in [0.1, 0.15) is 0 Å². The third kappa shape index (κ3) is 3.73. The predicted molar refractivity (Wildman–Crippen MR) is 43.3 cm³/mol. The summed E-state index contributed by atoms with van der Waals surface area (Å²) in [6.07, 6.45) is 0. The molecule has 0 fully saturated rings. The number of hydrogen-bond donors (Lipinski definition) is 0. The minimum absolute atomic E-state index is 0. The van der Waals surface area contributed by atoms with Gasteiger partial charge in [0.2, 0.25) is 0 Å². The van der Waals surface area contributed by atoms with Crippen LogP contribution in [0.25, 0.3) is 0 Å². The van der Waals surface area contributed by atoms with Crippen molar-refractivity contribution >= 4 is 12.4 Å². The molecule has 0 aromatic carbocycles. The average Bonchev–Trinajstić information content (AvgIpc) is 1.25. The first-order valence-corrected chi connectivity index (χ1v) is 2.88. The first-order valence-electron chi connectivity index (χ1n) is 2.88. The van der Waals surface area contributed by atoms with Crippen LogP contribution in [-0.2, 0) is 0 Å². The lowest BCUT2D eigenvalue weighted by Gasteiger charge is -2.38. The number of hydrogen-bond acceptors (Lipinski definition) is 0. The molecule has 0 spiro atoms. The van der Waals surface area contributed by atoms with Gasteiger partial charge in [-0.15, -0.1) is 12.4 Å². The lowest BCUT2D eigenvalue weighted by Crippen LogP contribution is -2.59. The van der Waals surface area contributed by atoms with Gasteiger partial charge in [-0.25, -0.2) is 0 Å². The maximum Gasteiger partial charge on any atom is 0.112 e. The highest BCUT2D eigenvalue weighted by atomic mass is 35.5. The molecule has 0 aliphatic heterocycles. The summed E-state index contributed by atoms with van der Waals surface area (Å²) in [7, 11) is 13.1. The van der Waals surface area contributed by atoms with E-state index in [-0.39, 0.29) is 12.4 Å². The Bertz CT molecular complexity index is 66.0. The van der Waals surface area contributed by atoms with Crippen LogP contribution in [0.3, 0.4) is 0 Å². The second-order valence-electron chi connectivity index (χ2n) is 3.88. The highest BCUT2D eigenvalue weighted by Gasteiger charge is 2.24. The molecule has 2 nitrogen and oxygen atoms in total. The summed E-state index contributed by atoms with van der Waals surface area (Å²) in [6.45, 7) is 0. The third-order valence-electron chi connectivity index (χ3n) is 1.80. The van der Waals surface area contributed by atoms with Crippen molar-refractivity contribution in [1.82, 2.24) is 0 Å². The first-order chi connectivity index (χ1) is 3.25. The quantitative estimate of drug-likeness (QED) is 0.386. The Morgan fingerprint density at radius 2 is 0.667 bits per heavy atom. The molecule has 0 amide bonds. The molecule has 0 unspecified atom stereocenters. The normalized spacial score (nSPS) is 12.7. The zero-order valence-electron chi connectivity index (χ0n) is 7.30. The van der Waals surface area contributed by atoms with E-state index in [1.807, 2.05) is 0 Å². The molecule has 0 rings (SSSR count). The molecule has 0 saturated carbocycles. The zero-order valence-corrected chi connectivity index (χ0v) is 8.12. The van der Waals surface area contributed by atoms with E-state index < -0.39 is 0 Å². The molecule has 0 atom stereocenters. The van der Waals surface area contributed by atoms with E-state index >= 15 is 0 Å². The van der Waals surface area contributed by atoms with Crippen molar-refractivity contribution in [2.45, 2.75) is 0 Å². The summed E-state index contributed by atoms with van der Waals surface area (Å²) in [5, 5.41) is 0. The van der Waals surface area contributed by atoms with Crippen LogP contribution in [0.2, 0.25) is 0 Å². The van der Waals surface area contributed by atoms with Crippen LogP contribution >= 0.6 is 12.4 Å². The number of halogens is 1. The van der Waals surface area contributed by atoms with Crippen molar-refractivity contribution in [3.63, 3.8) is 0 Å². The summed E-state index contributed by atoms with van der Waals surface area (Å²) in [6, 6.07) is 0. The lowest BCUT2D eigenvalue weighted by molar-refractivity contribution is -1.45. The Labute approximate surface area is 64.6 Å². The highest BCUT2D eigenvalue weighted by molar-refractivity contribution is 5.85. The highest BCUT2D eigenvalue weighted by Crippen LogP contribution is 2.02. The Hall–Kier alpha value is 0.210. The van der Waals surface area contributed by atoms with E-state index in [0.29, 0.717) is 0 Å². The van der Waals surface area contributed by atoms with Gasteiger partial charge in [-0.1, -0.05) is 0 Å². The van der Waals surface area contributed by atoms with Crippen LogP contribution in [-0.4, -0.2) is 51.5 Å². The molecular weight excluding hydrogens is 136 g/mol. The molecule has 0 aliphatic carbocycles. The molecule has 3 heteroatoms. The fourth-order valence-electron chi connectivity index (χ4n) is 0. The largest absolute Gasteiger partial charge is 0.178 e. The van der Waals surface area contributed by atoms with Gasteiger partial charge in [0, 0.05) is 0 Å². The van der Waals surface area contributed by atoms with E-state index in [9.17, 15) is 0 Å². The Morgan fingerprint density at radius 3 is 0.667 bits per heavy atom. The molecule has 9 heavy (non-hydrogen) atoms. The van der Waals surface area contributed by atoms with Gasteiger partial charge in [0.1, 0.15) is 42.3 Å². The van der Waals surface area contributed by atoms with Crippen molar-refractivity contribution in [2.24, 2.45) is 0 Å². The van der Waals surface area contributed by atoms with Crippen LogP contribution in [0, 0.1) is 0 Å². The summed E-state index contributed by atoms with van der Waals surface area (Å²) in [5.74, 6) is 0. The second kappa shape index (κ2) is 2.86. The van der Waals surface area contributed by atoms with E-state index in [1.165, 1.54) is 0 Å². The van der Waals surface area contributed by atoms with Gasteiger partial charge >= 0.3 is 0 Å². The van der Waals surface area contributed by atoms with Crippen LogP contribution in [0.5, 0.6) is 0 Å². The van der Waals surface area contributed by atoms with Crippen molar-refractivity contribution < 1.29 is 9.18 Å². The summed E-state index contributed by atoms with van der Waals surface area (Å²) >= 11 is 0. The summed E-state index contributed by atoms with van der Waals surface area (Å²) < 4.78 is 1.92. The molecule has 0 heterocycles. The molecule has 0 bridgehead atoms. The molecular formula is C6H19ClN2+2. The maximum atomic E-state index is 2.18. The molecule has 0 aromatic heterocycles. The standard InChI is InChI=1S/C6H18N2.ClH/c1-7(2,3)8(4,5)6;/h1-6H3;1H/q+2;. The van der Waals surface area contributed by atoms with Crippen LogP contribution in [0.15, 0.2) is 0 Å². The molecule has 58 valence electrons. The van der Waals surface area contributed by atoms with Crippen molar-refractivity contribution in [3.05, 3.63) is 0 Å². The molecule has 0 N–H and O–H groups in total. The van der Waals surface area contributed by atoms with E-state index in [0.717, 1.165) is 9.18 Å². The molecule has 0 aliphatic rings. The number of rotatable bonds is 1. The van der Waals surface area contributed by atoms with Crippen molar-refractivity contribution in [1.29, 1.82) is 0 Å². The van der Waals surface area contributed by atoms with Crippen LogP contribution < -0.4 is 0 Å². The van der Waals surface area contributed by atoms with Crippen LogP contribution in [0.4, 0.5) is 0 Å². The molecule has 0 radical (unpaired) electrons. The molecule has 0 saturated heterocycles.